The van der Waals surface area contributed by atoms with Gasteiger partial charge in [0.1, 0.15) is 6.61 Å². The Bertz CT molecular complexity index is 1050. The summed E-state index contributed by atoms with van der Waals surface area (Å²) in [6.45, 7) is 7.11. The highest BCUT2D eigenvalue weighted by molar-refractivity contribution is 9.10. The van der Waals surface area contributed by atoms with Crippen molar-refractivity contribution in [2.45, 2.75) is 46.6 Å². The van der Waals surface area contributed by atoms with Crippen LogP contribution < -0.4 is 0 Å². The minimum Gasteiger partial charge on any atom is -0.457 e. The number of rotatable bonds is 3. The normalized spacial score (nSPS) is 16.5. The first-order valence-corrected chi connectivity index (χ1v) is 10.9. The van der Waals surface area contributed by atoms with Crippen molar-refractivity contribution in [2.75, 3.05) is 0 Å². The predicted molar refractivity (Wildman–Crippen MR) is 120 cm³/mol. The van der Waals surface area contributed by atoms with Crippen LogP contribution in [0.2, 0.25) is 0 Å². The van der Waals surface area contributed by atoms with E-state index >= 15 is 0 Å². The van der Waals surface area contributed by atoms with E-state index in [1.54, 1.807) is 0 Å². The second kappa shape index (κ2) is 7.91. The Balaban J connectivity index is 1.71. The number of aromatic nitrogens is 1. The van der Waals surface area contributed by atoms with E-state index in [2.05, 4.69) is 36.7 Å². The number of fused-ring (bicyclic) bond motifs is 2. The van der Waals surface area contributed by atoms with Crippen LogP contribution in [0.15, 0.2) is 53.0 Å². The number of hydrogen-bond donors (Lipinski definition) is 0. The lowest BCUT2D eigenvalue weighted by molar-refractivity contribution is 0.0472. The Labute approximate surface area is 180 Å². The van der Waals surface area contributed by atoms with E-state index in [4.69, 9.17) is 9.72 Å². The maximum atomic E-state index is 13.3. The molecule has 150 valence electrons. The number of carbonyl (C=O) groups is 1. The zero-order chi connectivity index (χ0) is 20.6. The van der Waals surface area contributed by atoms with E-state index in [9.17, 15) is 4.79 Å². The van der Waals surface area contributed by atoms with Crippen molar-refractivity contribution >= 4 is 32.8 Å². The van der Waals surface area contributed by atoms with Gasteiger partial charge in [-0.15, -0.1) is 0 Å². The van der Waals surface area contributed by atoms with Crippen LogP contribution in [0.5, 0.6) is 0 Å². The van der Waals surface area contributed by atoms with Crippen LogP contribution in [-0.4, -0.2) is 11.0 Å². The van der Waals surface area contributed by atoms with E-state index in [1.807, 2.05) is 48.5 Å². The maximum absolute atomic E-state index is 13.3. The molecule has 1 aliphatic rings. The molecule has 0 N–H and O–H groups in total. The number of benzene rings is 2. The summed E-state index contributed by atoms with van der Waals surface area (Å²) < 4.78 is 6.78. The average Bonchev–Trinajstić information content (AvgIpc) is 2.70. The van der Waals surface area contributed by atoms with Crippen LogP contribution in [0.3, 0.4) is 0 Å². The molecule has 2 aromatic carbocycles. The molecule has 3 nitrogen and oxygen atoms in total. The summed E-state index contributed by atoms with van der Waals surface area (Å²) in [7, 11) is 0. The molecule has 1 aliphatic carbocycles. The van der Waals surface area contributed by atoms with E-state index in [-0.39, 0.29) is 18.0 Å². The van der Waals surface area contributed by atoms with Crippen LogP contribution >= 0.6 is 15.9 Å². The third-order valence-corrected chi connectivity index (χ3v) is 6.50. The van der Waals surface area contributed by atoms with E-state index < -0.39 is 0 Å². The summed E-state index contributed by atoms with van der Waals surface area (Å²) in [6, 6.07) is 15.8. The van der Waals surface area contributed by atoms with Gasteiger partial charge in [0.05, 0.1) is 11.1 Å². The zero-order valence-corrected chi connectivity index (χ0v) is 18.8. The monoisotopic (exact) mass is 451 g/mol. The Kier molecular flexibility index (Phi) is 5.48. The maximum Gasteiger partial charge on any atom is 0.339 e. The Hall–Kier alpha value is -2.20. The largest absolute Gasteiger partial charge is 0.457 e. The highest BCUT2D eigenvalue weighted by Crippen LogP contribution is 2.39. The highest BCUT2D eigenvalue weighted by Gasteiger charge is 2.33. The summed E-state index contributed by atoms with van der Waals surface area (Å²) in [6.07, 6.45) is 2.89. The number of nitrogens with zero attached hydrogens (tertiary/aromatic N) is 1. The first-order valence-electron chi connectivity index (χ1n) is 10.1. The van der Waals surface area contributed by atoms with Gasteiger partial charge in [-0.3, -0.25) is 4.98 Å². The summed E-state index contributed by atoms with van der Waals surface area (Å²) in [4.78, 5) is 18.2. The van der Waals surface area contributed by atoms with Gasteiger partial charge in [0.25, 0.3) is 0 Å². The summed E-state index contributed by atoms with van der Waals surface area (Å²) >= 11 is 3.44. The smallest absolute Gasteiger partial charge is 0.339 e. The van der Waals surface area contributed by atoms with Crippen molar-refractivity contribution in [3.05, 3.63) is 75.4 Å². The Morgan fingerprint density at radius 3 is 2.59 bits per heavy atom. The van der Waals surface area contributed by atoms with Crippen LogP contribution in [0, 0.1) is 11.3 Å². The van der Waals surface area contributed by atoms with Gasteiger partial charge in [0.15, 0.2) is 0 Å². The molecule has 0 amide bonds. The molecular formula is C25H26BrNO2. The second-order valence-electron chi connectivity index (χ2n) is 8.94. The van der Waals surface area contributed by atoms with Gasteiger partial charge in [0.2, 0.25) is 0 Å². The predicted octanol–water partition coefficient (Wildman–Crippen LogP) is 6.51. The molecule has 0 radical (unpaired) electrons. The number of pyridine rings is 1. The lowest BCUT2D eigenvalue weighted by Gasteiger charge is -2.35. The molecule has 1 heterocycles. The molecule has 1 atom stereocenters. The van der Waals surface area contributed by atoms with Gasteiger partial charge in [-0.2, -0.15) is 0 Å². The van der Waals surface area contributed by atoms with Crippen molar-refractivity contribution < 1.29 is 9.53 Å². The fraction of sp³-hybridized carbons (Fsp3) is 0.360. The summed E-state index contributed by atoms with van der Waals surface area (Å²) in [5, 5.41) is 0.890. The van der Waals surface area contributed by atoms with Gasteiger partial charge in [-0.1, -0.05) is 67.0 Å². The fourth-order valence-electron chi connectivity index (χ4n) is 4.16. The van der Waals surface area contributed by atoms with Crippen LogP contribution in [0.4, 0.5) is 0 Å². The van der Waals surface area contributed by atoms with Gasteiger partial charge in [-0.05, 0) is 59.9 Å². The van der Waals surface area contributed by atoms with E-state index in [1.165, 1.54) is 0 Å². The standard InChI is InChI=1S/C25H26BrNO2/c1-25(2,3)17-10-13-22-20(14-17)23(19-6-4-5-7-21(19)27-22)24(28)29-15-16-8-11-18(26)12-9-16/h4-9,11-12,17H,10,13-15H2,1-3H3. The molecule has 4 heteroatoms. The number of hydrogen-bond acceptors (Lipinski definition) is 3. The van der Waals surface area contributed by atoms with Crippen molar-refractivity contribution in [2.24, 2.45) is 11.3 Å². The highest BCUT2D eigenvalue weighted by atomic mass is 79.9. The van der Waals surface area contributed by atoms with Crippen LogP contribution in [-0.2, 0) is 24.2 Å². The minimum atomic E-state index is -0.252. The van der Waals surface area contributed by atoms with E-state index in [0.29, 0.717) is 11.5 Å². The first-order chi connectivity index (χ1) is 13.8. The van der Waals surface area contributed by atoms with Gasteiger partial charge >= 0.3 is 5.97 Å². The van der Waals surface area contributed by atoms with Crippen LogP contribution in [0.1, 0.15) is 54.4 Å². The molecule has 1 aromatic heterocycles. The molecule has 3 aromatic rings. The first kappa shape index (κ1) is 20.1. The Morgan fingerprint density at radius 1 is 1.14 bits per heavy atom. The van der Waals surface area contributed by atoms with Crippen molar-refractivity contribution in [1.82, 2.24) is 4.98 Å². The third-order valence-electron chi connectivity index (χ3n) is 5.97. The number of para-hydroxylation sites is 1. The number of aryl methyl sites for hydroxylation is 1. The average molecular weight is 452 g/mol. The topological polar surface area (TPSA) is 39.2 Å². The summed E-state index contributed by atoms with van der Waals surface area (Å²) in [5.41, 5.74) is 4.88. The molecule has 0 fully saturated rings. The van der Waals surface area contributed by atoms with Crippen LogP contribution in [0.25, 0.3) is 10.9 Å². The Morgan fingerprint density at radius 2 is 1.86 bits per heavy atom. The lowest BCUT2D eigenvalue weighted by atomic mass is 9.70. The third kappa shape index (κ3) is 4.23. The molecule has 0 saturated heterocycles. The molecule has 0 aliphatic heterocycles. The molecule has 4 rings (SSSR count). The lowest BCUT2D eigenvalue weighted by Crippen LogP contribution is -2.29. The SMILES string of the molecule is CC(C)(C)C1CCc2nc3ccccc3c(C(=O)OCc3ccc(Br)cc3)c2C1. The number of carbonyl (C=O) groups excluding carboxylic acids is 1. The van der Waals surface area contributed by atoms with Gasteiger partial charge < -0.3 is 4.74 Å². The molecule has 0 saturated carbocycles. The van der Waals surface area contributed by atoms with Gasteiger partial charge in [0, 0.05) is 15.6 Å². The minimum absolute atomic E-state index is 0.196. The number of esters is 1. The van der Waals surface area contributed by atoms with Crippen molar-refractivity contribution in [3.8, 4) is 0 Å². The molecule has 0 spiro atoms. The number of halogens is 1. The number of ether oxygens (including phenoxy) is 1. The molecular weight excluding hydrogens is 426 g/mol. The van der Waals surface area contributed by atoms with Crippen molar-refractivity contribution in [3.63, 3.8) is 0 Å². The van der Waals surface area contributed by atoms with Gasteiger partial charge in [-0.25, -0.2) is 4.79 Å². The molecule has 29 heavy (non-hydrogen) atoms. The molecule has 0 bridgehead atoms. The fourth-order valence-corrected chi connectivity index (χ4v) is 4.43. The van der Waals surface area contributed by atoms with E-state index in [0.717, 1.165) is 51.5 Å². The zero-order valence-electron chi connectivity index (χ0n) is 17.2. The quantitative estimate of drug-likeness (QED) is 0.426. The molecule has 1 unspecified atom stereocenters. The summed E-state index contributed by atoms with van der Waals surface area (Å²) in [5.74, 6) is 0.272. The second-order valence-corrected chi connectivity index (χ2v) is 9.85. The van der Waals surface area contributed by atoms with Crippen molar-refractivity contribution in [1.29, 1.82) is 0 Å².